The summed E-state index contributed by atoms with van der Waals surface area (Å²) in [4.78, 5) is 16.8. The molecule has 146 valence electrons. The molecule has 6 heteroatoms. The van der Waals surface area contributed by atoms with E-state index >= 15 is 0 Å². The maximum atomic E-state index is 12.4. The number of para-hydroxylation sites is 1. The van der Waals surface area contributed by atoms with E-state index in [-0.39, 0.29) is 5.91 Å². The lowest BCUT2D eigenvalue weighted by Crippen LogP contribution is -2.41. The van der Waals surface area contributed by atoms with Crippen LogP contribution in [0.1, 0.15) is 23.7 Å². The number of carbonyl (C=O) groups excluding carboxylic acids is 1. The van der Waals surface area contributed by atoms with Crippen LogP contribution in [-0.4, -0.2) is 28.1 Å². The first-order valence-corrected chi connectivity index (χ1v) is 9.44. The molecule has 0 saturated carbocycles. The van der Waals surface area contributed by atoms with Gasteiger partial charge in [-0.15, -0.1) is 0 Å². The average molecular weight is 378 g/mol. The number of ether oxygens (including phenoxy) is 1. The molecule has 1 amide bonds. The molecule has 6 nitrogen and oxygen atoms in total. The monoisotopic (exact) mass is 378 g/mol. The largest absolute Gasteiger partial charge is 0.494 e. The summed E-state index contributed by atoms with van der Waals surface area (Å²) in [6.07, 6.45) is 4.09. The van der Waals surface area contributed by atoms with E-state index in [9.17, 15) is 4.79 Å². The molecule has 0 aliphatic rings. The van der Waals surface area contributed by atoms with Crippen molar-refractivity contribution in [3.63, 3.8) is 0 Å². The van der Waals surface area contributed by atoms with Gasteiger partial charge in [-0.2, -0.15) is 0 Å². The topological polar surface area (TPSA) is 82.2 Å². The molecule has 3 N–H and O–H groups in total. The summed E-state index contributed by atoms with van der Waals surface area (Å²) >= 11 is 0. The first-order valence-electron chi connectivity index (χ1n) is 9.44. The van der Waals surface area contributed by atoms with Crippen molar-refractivity contribution in [1.29, 1.82) is 0 Å². The van der Waals surface area contributed by atoms with Gasteiger partial charge in [0.05, 0.1) is 24.7 Å². The van der Waals surface area contributed by atoms with Gasteiger partial charge in [-0.3, -0.25) is 4.79 Å². The van der Waals surface area contributed by atoms with Gasteiger partial charge in [0.1, 0.15) is 5.75 Å². The third-order valence-electron chi connectivity index (χ3n) is 4.39. The van der Waals surface area contributed by atoms with Crippen molar-refractivity contribution in [3.8, 4) is 5.75 Å². The van der Waals surface area contributed by atoms with Crippen molar-refractivity contribution < 1.29 is 9.53 Å². The molecular weight excluding hydrogens is 352 g/mol. The highest BCUT2D eigenvalue weighted by atomic mass is 16.5. The van der Waals surface area contributed by atoms with E-state index < -0.39 is 6.04 Å². The molecule has 0 unspecified atom stereocenters. The maximum absolute atomic E-state index is 12.4. The van der Waals surface area contributed by atoms with E-state index in [1.165, 1.54) is 5.56 Å². The van der Waals surface area contributed by atoms with Gasteiger partial charge in [0.15, 0.2) is 0 Å². The molecule has 1 heterocycles. The highest BCUT2D eigenvalue weighted by Crippen LogP contribution is 2.17. The number of imidazole rings is 1. The second kappa shape index (κ2) is 9.71. The molecule has 1 atom stereocenters. The van der Waals surface area contributed by atoms with Crippen LogP contribution < -0.4 is 15.8 Å². The Morgan fingerprint density at radius 1 is 1.18 bits per heavy atom. The minimum Gasteiger partial charge on any atom is -0.494 e. The summed E-state index contributed by atoms with van der Waals surface area (Å²) in [5, 5.41) is 2.89. The highest BCUT2D eigenvalue weighted by Gasteiger charge is 2.16. The summed E-state index contributed by atoms with van der Waals surface area (Å²) in [5.41, 5.74) is 9.00. The zero-order chi connectivity index (χ0) is 19.8. The fraction of sp³-hybridized carbons (Fsp3) is 0.273. The van der Waals surface area contributed by atoms with E-state index in [2.05, 4.69) is 22.4 Å². The molecule has 0 radical (unpaired) electrons. The van der Waals surface area contributed by atoms with Crippen LogP contribution in [0, 0.1) is 0 Å². The molecule has 3 aromatic rings. The number of benzene rings is 2. The van der Waals surface area contributed by atoms with E-state index in [1.807, 2.05) is 60.2 Å². The predicted molar refractivity (Wildman–Crippen MR) is 109 cm³/mol. The first-order chi connectivity index (χ1) is 13.7. The molecule has 0 spiro atoms. The fourth-order valence-corrected chi connectivity index (χ4v) is 2.97. The molecular formula is C22H26N4O2. The SMILES string of the molecule is CCOc1ccccc1CNC(=O)[C@@H](N)Cc1cn(Cc2ccccc2)cn1. The van der Waals surface area contributed by atoms with Crippen LogP contribution in [0.25, 0.3) is 0 Å². The van der Waals surface area contributed by atoms with Crippen molar-refractivity contribution >= 4 is 5.91 Å². The number of nitrogens with one attached hydrogen (secondary N) is 1. The zero-order valence-corrected chi connectivity index (χ0v) is 16.0. The minimum atomic E-state index is -0.653. The van der Waals surface area contributed by atoms with E-state index in [1.54, 1.807) is 6.33 Å². The lowest BCUT2D eigenvalue weighted by atomic mass is 10.1. The number of nitrogens with zero attached hydrogens (tertiary/aromatic N) is 2. The lowest BCUT2D eigenvalue weighted by Gasteiger charge is -2.13. The molecule has 0 aliphatic heterocycles. The van der Waals surface area contributed by atoms with Crippen LogP contribution in [-0.2, 0) is 24.3 Å². The highest BCUT2D eigenvalue weighted by molar-refractivity contribution is 5.81. The second-order valence-electron chi connectivity index (χ2n) is 6.59. The molecule has 1 aromatic heterocycles. The van der Waals surface area contributed by atoms with Crippen molar-refractivity contribution in [1.82, 2.24) is 14.9 Å². The smallest absolute Gasteiger partial charge is 0.237 e. The zero-order valence-electron chi connectivity index (χ0n) is 16.0. The van der Waals surface area contributed by atoms with E-state index in [0.717, 1.165) is 23.6 Å². The number of hydrogen-bond acceptors (Lipinski definition) is 4. The van der Waals surface area contributed by atoms with Gasteiger partial charge in [-0.25, -0.2) is 4.98 Å². The van der Waals surface area contributed by atoms with Gasteiger partial charge in [0.2, 0.25) is 5.91 Å². The van der Waals surface area contributed by atoms with Crippen molar-refractivity contribution in [2.75, 3.05) is 6.61 Å². The van der Waals surface area contributed by atoms with Crippen LogP contribution in [0.4, 0.5) is 0 Å². The number of aromatic nitrogens is 2. The van der Waals surface area contributed by atoms with Gasteiger partial charge in [0.25, 0.3) is 0 Å². The summed E-state index contributed by atoms with van der Waals surface area (Å²) in [7, 11) is 0. The molecule has 28 heavy (non-hydrogen) atoms. The number of nitrogens with two attached hydrogens (primary N) is 1. The summed E-state index contributed by atoms with van der Waals surface area (Å²) in [5.74, 6) is 0.572. The van der Waals surface area contributed by atoms with Crippen LogP contribution in [0.5, 0.6) is 5.75 Å². The molecule has 3 rings (SSSR count). The maximum Gasteiger partial charge on any atom is 0.237 e. The summed E-state index contributed by atoms with van der Waals surface area (Å²) in [6.45, 7) is 3.63. The standard InChI is InChI=1S/C22H26N4O2/c1-2-28-21-11-7-6-10-18(21)13-24-22(27)20(23)12-19-15-26(16-25-19)14-17-8-4-3-5-9-17/h3-11,15-16,20H,2,12-14,23H2,1H3,(H,24,27)/t20-/m0/s1. The first kappa shape index (κ1) is 19.6. The number of amides is 1. The summed E-state index contributed by atoms with van der Waals surface area (Å²) < 4.78 is 7.58. The van der Waals surface area contributed by atoms with E-state index in [0.29, 0.717) is 19.6 Å². The minimum absolute atomic E-state index is 0.205. The Kier molecular flexibility index (Phi) is 6.81. The molecule has 0 aliphatic carbocycles. The van der Waals surface area contributed by atoms with Crippen molar-refractivity contribution in [2.24, 2.45) is 5.73 Å². The Balaban J connectivity index is 1.52. The molecule has 0 saturated heterocycles. The van der Waals surface area contributed by atoms with Gasteiger partial charge in [0, 0.05) is 31.3 Å². The van der Waals surface area contributed by atoms with Gasteiger partial charge in [-0.1, -0.05) is 48.5 Å². The Hall–Kier alpha value is -3.12. The molecule has 0 fully saturated rings. The predicted octanol–water partition coefficient (Wildman–Crippen LogP) is 2.52. The fourth-order valence-electron chi connectivity index (χ4n) is 2.97. The normalized spacial score (nSPS) is 11.8. The van der Waals surface area contributed by atoms with Gasteiger partial charge < -0.3 is 20.4 Å². The van der Waals surface area contributed by atoms with Crippen LogP contribution in [0.15, 0.2) is 67.1 Å². The van der Waals surface area contributed by atoms with Crippen molar-refractivity contribution in [3.05, 3.63) is 83.9 Å². The van der Waals surface area contributed by atoms with Crippen LogP contribution in [0.2, 0.25) is 0 Å². The quantitative estimate of drug-likeness (QED) is 0.599. The van der Waals surface area contributed by atoms with Gasteiger partial charge in [-0.05, 0) is 18.6 Å². The van der Waals surface area contributed by atoms with Crippen LogP contribution in [0.3, 0.4) is 0 Å². The Labute approximate surface area is 165 Å². The average Bonchev–Trinajstić information content (AvgIpc) is 3.14. The number of rotatable bonds is 9. The Morgan fingerprint density at radius 2 is 1.93 bits per heavy atom. The third kappa shape index (κ3) is 5.44. The van der Waals surface area contributed by atoms with E-state index in [4.69, 9.17) is 10.5 Å². The lowest BCUT2D eigenvalue weighted by molar-refractivity contribution is -0.122. The number of hydrogen-bond donors (Lipinski definition) is 2. The Morgan fingerprint density at radius 3 is 2.71 bits per heavy atom. The Bertz CT molecular complexity index is 892. The number of carbonyl (C=O) groups is 1. The molecule has 2 aromatic carbocycles. The van der Waals surface area contributed by atoms with Gasteiger partial charge >= 0.3 is 0 Å². The van der Waals surface area contributed by atoms with Crippen LogP contribution >= 0.6 is 0 Å². The third-order valence-corrected chi connectivity index (χ3v) is 4.39. The summed E-state index contributed by atoms with van der Waals surface area (Å²) in [6, 6.07) is 17.2. The second-order valence-corrected chi connectivity index (χ2v) is 6.59. The molecule has 0 bridgehead atoms. The van der Waals surface area contributed by atoms with Crippen molar-refractivity contribution in [2.45, 2.75) is 32.5 Å².